The zero-order valence-electron chi connectivity index (χ0n) is 5.64. The lowest BCUT2D eigenvalue weighted by atomic mass is 9.71. The Labute approximate surface area is 55.6 Å². The van der Waals surface area contributed by atoms with E-state index >= 15 is 0 Å². The predicted octanol–water partition coefficient (Wildman–Crippen LogP) is 2.05. The van der Waals surface area contributed by atoms with E-state index in [2.05, 4.69) is 0 Å². The Morgan fingerprint density at radius 1 is 0.889 bits per heavy atom. The van der Waals surface area contributed by atoms with E-state index in [-0.39, 0.29) is 0 Å². The van der Waals surface area contributed by atoms with E-state index in [9.17, 15) is 0 Å². The summed E-state index contributed by atoms with van der Waals surface area (Å²) in [5.74, 6) is 5.04. The number of hydrogen-bond acceptors (Lipinski definition) is 0. The molecule has 0 bridgehead atoms. The van der Waals surface area contributed by atoms with Crippen LogP contribution in [-0.4, -0.2) is 0 Å². The second-order valence-electron chi connectivity index (χ2n) is 4.76. The molecule has 4 fully saturated rings. The molecule has 0 heteroatoms. The molecule has 0 aromatic rings. The van der Waals surface area contributed by atoms with Gasteiger partial charge in [0.25, 0.3) is 0 Å². The first kappa shape index (κ1) is 4.00. The van der Waals surface area contributed by atoms with Gasteiger partial charge in [0, 0.05) is 0 Å². The normalized spacial score (nSPS) is 80.0. The SMILES string of the molecule is C1CC2C1C1CC13CC23. The maximum atomic E-state index is 1.65. The summed E-state index contributed by atoms with van der Waals surface area (Å²) >= 11 is 0. The minimum Gasteiger partial charge on any atom is -0.0496 e. The fraction of sp³-hybridized carbons (Fsp3) is 1.00. The maximum absolute atomic E-state index is 1.65. The Morgan fingerprint density at radius 2 is 1.44 bits per heavy atom. The van der Waals surface area contributed by atoms with Crippen molar-refractivity contribution in [3.8, 4) is 0 Å². The molecule has 0 aromatic heterocycles. The van der Waals surface area contributed by atoms with Crippen molar-refractivity contribution in [1.82, 2.24) is 0 Å². The van der Waals surface area contributed by atoms with Crippen molar-refractivity contribution >= 4 is 0 Å². The van der Waals surface area contributed by atoms with E-state index in [1.54, 1.807) is 25.7 Å². The lowest BCUT2D eigenvalue weighted by Gasteiger charge is -2.34. The predicted molar refractivity (Wildman–Crippen MR) is 34.9 cm³/mol. The van der Waals surface area contributed by atoms with Crippen LogP contribution in [0.25, 0.3) is 0 Å². The molecule has 0 radical (unpaired) electrons. The van der Waals surface area contributed by atoms with E-state index in [0.717, 1.165) is 5.41 Å². The zero-order chi connectivity index (χ0) is 5.64. The molecular weight excluding hydrogens is 108 g/mol. The third-order valence-electron chi connectivity index (χ3n) is 4.77. The van der Waals surface area contributed by atoms with Crippen molar-refractivity contribution < 1.29 is 0 Å². The molecule has 4 rings (SSSR count). The summed E-state index contributed by atoms with van der Waals surface area (Å²) in [7, 11) is 0. The van der Waals surface area contributed by atoms with Crippen LogP contribution >= 0.6 is 0 Å². The molecule has 0 saturated heterocycles. The largest absolute Gasteiger partial charge is 0.0496 e. The van der Waals surface area contributed by atoms with Gasteiger partial charge in [-0.1, -0.05) is 0 Å². The average molecular weight is 120 g/mol. The van der Waals surface area contributed by atoms with Crippen LogP contribution < -0.4 is 0 Å². The number of rotatable bonds is 0. The molecule has 48 valence electrons. The van der Waals surface area contributed by atoms with Crippen LogP contribution in [0, 0.1) is 29.1 Å². The summed E-state index contributed by atoms with van der Waals surface area (Å²) in [6.07, 6.45) is 6.51. The molecule has 0 N–H and O–H groups in total. The molecule has 4 atom stereocenters. The second kappa shape index (κ2) is 0.810. The van der Waals surface area contributed by atoms with Crippen molar-refractivity contribution in [2.45, 2.75) is 25.7 Å². The van der Waals surface area contributed by atoms with Gasteiger partial charge >= 0.3 is 0 Å². The Morgan fingerprint density at radius 3 is 1.78 bits per heavy atom. The summed E-state index contributed by atoms with van der Waals surface area (Å²) in [5, 5.41) is 0. The second-order valence-corrected chi connectivity index (χ2v) is 4.76. The highest BCUT2D eigenvalue weighted by molar-refractivity contribution is 5.29. The van der Waals surface area contributed by atoms with E-state index in [1.807, 2.05) is 0 Å². The molecule has 1 spiro atoms. The van der Waals surface area contributed by atoms with Crippen molar-refractivity contribution in [2.24, 2.45) is 29.1 Å². The number of hydrogen-bond donors (Lipinski definition) is 0. The van der Waals surface area contributed by atoms with Gasteiger partial charge in [-0.15, -0.1) is 0 Å². The van der Waals surface area contributed by atoms with Gasteiger partial charge in [-0.05, 0) is 54.8 Å². The van der Waals surface area contributed by atoms with Crippen LogP contribution in [0.15, 0.2) is 0 Å². The monoisotopic (exact) mass is 120 g/mol. The van der Waals surface area contributed by atoms with Gasteiger partial charge in [-0.3, -0.25) is 0 Å². The molecule has 0 heterocycles. The van der Waals surface area contributed by atoms with Crippen LogP contribution in [0.1, 0.15) is 25.7 Å². The van der Waals surface area contributed by atoms with Gasteiger partial charge in [0.1, 0.15) is 0 Å². The fourth-order valence-electron chi connectivity index (χ4n) is 4.07. The zero-order valence-corrected chi connectivity index (χ0v) is 5.64. The average Bonchev–Trinajstić information content (AvgIpc) is 2.49. The van der Waals surface area contributed by atoms with Crippen LogP contribution in [-0.2, 0) is 0 Å². The van der Waals surface area contributed by atoms with E-state index in [1.165, 1.54) is 23.7 Å². The molecule has 4 saturated carbocycles. The minimum absolute atomic E-state index is 1.03. The fourth-order valence-corrected chi connectivity index (χ4v) is 4.07. The first-order chi connectivity index (χ1) is 4.42. The Hall–Kier alpha value is 0. The maximum Gasteiger partial charge on any atom is -0.0229 e. The summed E-state index contributed by atoms with van der Waals surface area (Å²) in [6.45, 7) is 0. The van der Waals surface area contributed by atoms with Crippen LogP contribution in [0.2, 0.25) is 0 Å². The lowest BCUT2D eigenvalue weighted by molar-refractivity contribution is 0.154. The molecule has 0 aromatic carbocycles. The molecule has 4 aliphatic carbocycles. The molecule has 4 unspecified atom stereocenters. The highest BCUT2D eigenvalue weighted by Gasteiger charge is 2.81. The standard InChI is InChI=1S/C9H12/c1-2-6-5(1)7-3-9(7)4-8(6)9/h5-8H,1-4H2. The first-order valence-corrected chi connectivity index (χ1v) is 4.42. The van der Waals surface area contributed by atoms with E-state index in [0.29, 0.717) is 0 Å². The van der Waals surface area contributed by atoms with Gasteiger partial charge in [0.05, 0.1) is 0 Å². The van der Waals surface area contributed by atoms with Crippen molar-refractivity contribution in [1.29, 1.82) is 0 Å². The minimum atomic E-state index is 1.03. The van der Waals surface area contributed by atoms with Gasteiger partial charge in [0.2, 0.25) is 0 Å². The summed E-state index contributed by atoms with van der Waals surface area (Å²) in [6, 6.07) is 0. The third kappa shape index (κ3) is 0.235. The van der Waals surface area contributed by atoms with Gasteiger partial charge in [-0.2, -0.15) is 0 Å². The van der Waals surface area contributed by atoms with Crippen molar-refractivity contribution in [2.75, 3.05) is 0 Å². The van der Waals surface area contributed by atoms with Gasteiger partial charge < -0.3 is 0 Å². The van der Waals surface area contributed by atoms with Gasteiger partial charge in [0.15, 0.2) is 0 Å². The summed E-state index contributed by atoms with van der Waals surface area (Å²) < 4.78 is 0. The van der Waals surface area contributed by atoms with Gasteiger partial charge in [-0.25, -0.2) is 0 Å². The quantitative estimate of drug-likeness (QED) is 0.459. The van der Waals surface area contributed by atoms with Crippen LogP contribution in [0.5, 0.6) is 0 Å². The molecule has 4 aliphatic rings. The Bertz CT molecular complexity index is 168. The lowest BCUT2D eigenvalue weighted by Crippen LogP contribution is -2.26. The molecule has 0 aliphatic heterocycles. The topological polar surface area (TPSA) is 0 Å². The van der Waals surface area contributed by atoms with Crippen LogP contribution in [0.3, 0.4) is 0 Å². The summed E-state index contributed by atoms with van der Waals surface area (Å²) in [4.78, 5) is 0. The molecular formula is C9H12. The van der Waals surface area contributed by atoms with E-state index < -0.39 is 0 Å². The summed E-state index contributed by atoms with van der Waals surface area (Å²) in [5.41, 5.74) is 1.03. The smallest absolute Gasteiger partial charge is 0.0229 e. The Kier molecular flexibility index (Phi) is 0.360. The molecule has 9 heavy (non-hydrogen) atoms. The highest BCUT2D eigenvalue weighted by atomic mass is 14.9. The molecule has 0 nitrogen and oxygen atoms in total. The molecule has 0 amide bonds. The number of fused-ring (bicyclic) bond motifs is 3. The first-order valence-electron chi connectivity index (χ1n) is 4.42. The van der Waals surface area contributed by atoms with E-state index in [4.69, 9.17) is 0 Å². The Balaban J connectivity index is 1.88. The van der Waals surface area contributed by atoms with Crippen molar-refractivity contribution in [3.63, 3.8) is 0 Å². The third-order valence-corrected chi connectivity index (χ3v) is 4.77. The highest BCUT2D eigenvalue weighted by Crippen LogP contribution is 2.88. The van der Waals surface area contributed by atoms with Crippen molar-refractivity contribution in [3.05, 3.63) is 0 Å². The van der Waals surface area contributed by atoms with Crippen LogP contribution in [0.4, 0.5) is 0 Å².